The molecule has 0 aromatic heterocycles. The molecule has 0 radical (unpaired) electrons. The SMILES string of the molecule is COc1ccc([C@H]2C[C@@](O)(c3ccc(OC)c(OC)c3)SCCSC2=N)cc1OC. The molecule has 0 saturated carbocycles. The van der Waals surface area contributed by atoms with E-state index in [4.69, 9.17) is 24.4 Å². The number of hydrogen-bond acceptors (Lipinski definition) is 8. The van der Waals surface area contributed by atoms with Crippen molar-refractivity contribution in [1.82, 2.24) is 0 Å². The molecule has 6 nitrogen and oxygen atoms in total. The number of benzene rings is 2. The van der Waals surface area contributed by atoms with Gasteiger partial charge < -0.3 is 24.1 Å². The van der Waals surface area contributed by atoms with Crippen LogP contribution in [0, 0.1) is 5.41 Å². The smallest absolute Gasteiger partial charge is 0.161 e. The van der Waals surface area contributed by atoms with E-state index in [-0.39, 0.29) is 5.92 Å². The van der Waals surface area contributed by atoms with Crippen molar-refractivity contribution >= 4 is 28.6 Å². The van der Waals surface area contributed by atoms with E-state index in [0.29, 0.717) is 34.5 Å². The number of ether oxygens (including phenoxy) is 4. The fourth-order valence-corrected chi connectivity index (χ4v) is 5.73. The first-order chi connectivity index (χ1) is 14.5. The topological polar surface area (TPSA) is 81.0 Å². The van der Waals surface area contributed by atoms with E-state index in [0.717, 1.165) is 22.6 Å². The van der Waals surface area contributed by atoms with Gasteiger partial charge in [-0.2, -0.15) is 0 Å². The van der Waals surface area contributed by atoms with E-state index in [1.54, 1.807) is 34.5 Å². The highest BCUT2D eigenvalue weighted by Gasteiger charge is 2.38. The van der Waals surface area contributed by atoms with E-state index in [9.17, 15) is 5.11 Å². The third-order valence-electron chi connectivity index (χ3n) is 5.12. The van der Waals surface area contributed by atoms with Crippen LogP contribution in [-0.4, -0.2) is 50.1 Å². The number of aliphatic hydroxyl groups is 1. The van der Waals surface area contributed by atoms with Gasteiger partial charge in [0.2, 0.25) is 0 Å². The molecule has 2 atom stereocenters. The summed E-state index contributed by atoms with van der Waals surface area (Å²) in [5.41, 5.74) is 1.64. The van der Waals surface area contributed by atoms with Crippen LogP contribution in [0.1, 0.15) is 23.5 Å². The zero-order chi connectivity index (χ0) is 21.7. The second-order valence-electron chi connectivity index (χ2n) is 6.79. The number of hydrogen-bond donors (Lipinski definition) is 2. The quantitative estimate of drug-likeness (QED) is 0.672. The molecule has 30 heavy (non-hydrogen) atoms. The molecule has 0 bridgehead atoms. The Bertz CT molecular complexity index is 907. The summed E-state index contributed by atoms with van der Waals surface area (Å²) in [7, 11) is 6.35. The fourth-order valence-electron chi connectivity index (χ4n) is 3.51. The van der Waals surface area contributed by atoms with Crippen molar-refractivity contribution in [2.45, 2.75) is 17.3 Å². The molecule has 162 valence electrons. The standard InChI is InChI=1S/C22H27NO5S2/c1-25-17-7-5-14(11-19(17)27-3)16-13-22(24,30-10-9-29-21(16)23)15-6-8-18(26-2)20(12-15)28-4/h5-8,11-12,16,23-24H,9-10,13H2,1-4H3/t16-,22+/m1/s1. The Morgan fingerprint density at radius 1 is 0.867 bits per heavy atom. The molecular weight excluding hydrogens is 422 g/mol. The Hall–Kier alpha value is -2.03. The molecule has 2 aromatic carbocycles. The van der Waals surface area contributed by atoms with E-state index >= 15 is 0 Å². The Morgan fingerprint density at radius 2 is 1.47 bits per heavy atom. The maximum absolute atomic E-state index is 11.7. The molecule has 1 aliphatic rings. The van der Waals surface area contributed by atoms with Crippen molar-refractivity contribution in [3.8, 4) is 23.0 Å². The predicted molar refractivity (Wildman–Crippen MR) is 123 cm³/mol. The monoisotopic (exact) mass is 449 g/mol. The lowest BCUT2D eigenvalue weighted by Crippen LogP contribution is -2.29. The summed E-state index contributed by atoms with van der Waals surface area (Å²) in [5.74, 6) is 3.63. The molecule has 1 heterocycles. The molecule has 0 unspecified atom stereocenters. The van der Waals surface area contributed by atoms with Crippen LogP contribution in [0.3, 0.4) is 0 Å². The normalized spacial score (nSPS) is 22.0. The van der Waals surface area contributed by atoms with E-state index in [1.807, 2.05) is 30.3 Å². The molecule has 3 rings (SSSR count). The van der Waals surface area contributed by atoms with Gasteiger partial charge >= 0.3 is 0 Å². The Labute approximate surface area is 185 Å². The highest BCUT2D eigenvalue weighted by Crippen LogP contribution is 2.48. The second kappa shape index (κ2) is 9.85. The van der Waals surface area contributed by atoms with Gasteiger partial charge in [-0.3, -0.25) is 5.41 Å². The maximum Gasteiger partial charge on any atom is 0.161 e. The molecule has 2 aromatic rings. The van der Waals surface area contributed by atoms with Crippen molar-refractivity contribution in [2.24, 2.45) is 0 Å². The number of nitrogens with one attached hydrogen (secondary N) is 1. The molecule has 1 fully saturated rings. The summed E-state index contributed by atoms with van der Waals surface area (Å²) < 4.78 is 21.6. The fraction of sp³-hybridized carbons (Fsp3) is 0.409. The van der Waals surface area contributed by atoms with Crippen molar-refractivity contribution in [2.75, 3.05) is 39.9 Å². The Balaban J connectivity index is 2.01. The van der Waals surface area contributed by atoms with Crippen LogP contribution >= 0.6 is 23.5 Å². The van der Waals surface area contributed by atoms with Gasteiger partial charge in [-0.1, -0.05) is 12.1 Å². The molecule has 8 heteroatoms. The Kier molecular flexibility index (Phi) is 7.44. The minimum Gasteiger partial charge on any atom is -0.493 e. The summed E-state index contributed by atoms with van der Waals surface area (Å²) >= 11 is 3.01. The molecule has 1 aliphatic heterocycles. The highest BCUT2D eigenvalue weighted by molar-refractivity contribution is 8.14. The molecular formula is C22H27NO5S2. The van der Waals surface area contributed by atoms with Gasteiger partial charge in [-0.05, 0) is 35.4 Å². The molecule has 0 spiro atoms. The third-order valence-corrected chi connectivity index (χ3v) is 7.67. The summed E-state index contributed by atoms with van der Waals surface area (Å²) in [6.45, 7) is 0. The summed E-state index contributed by atoms with van der Waals surface area (Å²) in [5, 5.41) is 20.9. The van der Waals surface area contributed by atoms with Crippen LogP contribution in [0.2, 0.25) is 0 Å². The second-order valence-corrected chi connectivity index (χ2v) is 9.30. The van der Waals surface area contributed by atoms with Gasteiger partial charge in [0.1, 0.15) is 4.93 Å². The van der Waals surface area contributed by atoms with Gasteiger partial charge in [0.05, 0.1) is 33.5 Å². The minimum atomic E-state index is -1.18. The Morgan fingerprint density at radius 3 is 2.10 bits per heavy atom. The lowest BCUT2D eigenvalue weighted by atomic mass is 9.90. The van der Waals surface area contributed by atoms with Gasteiger partial charge in [-0.15, -0.1) is 23.5 Å². The van der Waals surface area contributed by atoms with Crippen LogP contribution in [0.15, 0.2) is 36.4 Å². The van der Waals surface area contributed by atoms with E-state index in [2.05, 4.69) is 0 Å². The first kappa shape index (κ1) is 22.7. The van der Waals surface area contributed by atoms with Crippen molar-refractivity contribution in [3.05, 3.63) is 47.5 Å². The zero-order valence-corrected chi connectivity index (χ0v) is 19.2. The third kappa shape index (κ3) is 4.66. The number of rotatable bonds is 6. The maximum atomic E-state index is 11.7. The summed E-state index contributed by atoms with van der Waals surface area (Å²) in [4.78, 5) is -1.18. The van der Waals surface area contributed by atoms with Crippen LogP contribution in [0.5, 0.6) is 23.0 Å². The van der Waals surface area contributed by atoms with Gasteiger partial charge in [-0.25, -0.2) is 0 Å². The van der Waals surface area contributed by atoms with Crippen molar-refractivity contribution in [3.63, 3.8) is 0 Å². The number of thioether (sulfide) groups is 2. The van der Waals surface area contributed by atoms with Crippen molar-refractivity contribution in [1.29, 1.82) is 5.41 Å². The molecule has 0 amide bonds. The summed E-state index contributed by atoms with van der Waals surface area (Å²) in [6.07, 6.45) is 0.356. The summed E-state index contributed by atoms with van der Waals surface area (Å²) in [6, 6.07) is 11.1. The van der Waals surface area contributed by atoms with E-state index in [1.165, 1.54) is 23.5 Å². The van der Waals surface area contributed by atoms with Crippen molar-refractivity contribution < 1.29 is 24.1 Å². The minimum absolute atomic E-state index is 0.277. The lowest BCUT2D eigenvalue weighted by Gasteiger charge is -2.34. The largest absolute Gasteiger partial charge is 0.493 e. The van der Waals surface area contributed by atoms with Crippen LogP contribution in [0.25, 0.3) is 0 Å². The van der Waals surface area contributed by atoms with Crippen LogP contribution in [0.4, 0.5) is 0 Å². The van der Waals surface area contributed by atoms with Gasteiger partial charge in [0.25, 0.3) is 0 Å². The average Bonchev–Trinajstić information content (AvgIpc) is 2.78. The number of methoxy groups -OCH3 is 4. The molecule has 2 N–H and O–H groups in total. The lowest BCUT2D eigenvalue weighted by molar-refractivity contribution is 0.124. The molecule has 1 saturated heterocycles. The highest BCUT2D eigenvalue weighted by atomic mass is 32.2. The first-order valence-corrected chi connectivity index (χ1v) is 11.4. The average molecular weight is 450 g/mol. The first-order valence-electron chi connectivity index (χ1n) is 9.47. The zero-order valence-electron chi connectivity index (χ0n) is 17.6. The van der Waals surface area contributed by atoms with Crippen LogP contribution < -0.4 is 18.9 Å². The van der Waals surface area contributed by atoms with Crippen LogP contribution in [-0.2, 0) is 4.93 Å². The van der Waals surface area contributed by atoms with Gasteiger partial charge in [0, 0.05) is 23.8 Å². The predicted octanol–water partition coefficient (Wildman–Crippen LogP) is 4.50. The van der Waals surface area contributed by atoms with E-state index < -0.39 is 4.93 Å². The van der Waals surface area contributed by atoms with Gasteiger partial charge in [0.15, 0.2) is 23.0 Å². The molecule has 0 aliphatic carbocycles.